The first kappa shape index (κ1) is 18.8. The maximum absolute atomic E-state index is 13.3. The molecule has 0 radical (unpaired) electrons. The molecule has 7 nitrogen and oxygen atoms in total. The lowest BCUT2D eigenvalue weighted by atomic mass is 9.97. The third-order valence-electron chi connectivity index (χ3n) is 6.25. The average Bonchev–Trinajstić information content (AvgIpc) is 3.37. The second-order valence-electron chi connectivity index (χ2n) is 8.12. The van der Waals surface area contributed by atoms with Crippen molar-refractivity contribution in [1.82, 2.24) is 14.1 Å². The van der Waals surface area contributed by atoms with E-state index in [-0.39, 0.29) is 11.6 Å². The van der Waals surface area contributed by atoms with Gasteiger partial charge in [-0.05, 0) is 67.9 Å². The van der Waals surface area contributed by atoms with Crippen LogP contribution in [0, 0.1) is 0 Å². The summed E-state index contributed by atoms with van der Waals surface area (Å²) in [6.07, 6.45) is 6.24. The Labute approximate surface area is 170 Å². The number of aromatic nitrogens is 2. The first-order valence-corrected chi connectivity index (χ1v) is 11.8. The molecule has 0 N–H and O–H groups in total. The number of benzene rings is 1. The smallest absolute Gasteiger partial charge is 0.267 e. The van der Waals surface area contributed by atoms with Crippen LogP contribution in [0.1, 0.15) is 42.5 Å². The van der Waals surface area contributed by atoms with Crippen molar-refractivity contribution in [1.29, 1.82) is 0 Å². The van der Waals surface area contributed by atoms with E-state index in [9.17, 15) is 13.2 Å². The van der Waals surface area contributed by atoms with Gasteiger partial charge in [0.1, 0.15) is 5.75 Å². The van der Waals surface area contributed by atoms with Gasteiger partial charge in [0.05, 0.1) is 23.7 Å². The molecule has 1 unspecified atom stereocenters. The molecule has 3 aliphatic rings. The highest BCUT2D eigenvalue weighted by Crippen LogP contribution is 2.32. The Morgan fingerprint density at radius 3 is 2.83 bits per heavy atom. The van der Waals surface area contributed by atoms with Crippen molar-refractivity contribution in [3.8, 4) is 5.75 Å². The molecule has 1 saturated heterocycles. The van der Waals surface area contributed by atoms with Gasteiger partial charge >= 0.3 is 0 Å². The molecule has 0 bridgehead atoms. The third-order valence-corrected chi connectivity index (χ3v) is 8.20. The number of sulfonamides is 1. The van der Waals surface area contributed by atoms with Crippen molar-refractivity contribution in [3.63, 3.8) is 0 Å². The van der Waals surface area contributed by atoms with Crippen molar-refractivity contribution in [2.24, 2.45) is 0 Å². The van der Waals surface area contributed by atoms with Gasteiger partial charge in [0.15, 0.2) is 0 Å². The maximum atomic E-state index is 13.3. The Kier molecular flexibility index (Phi) is 4.70. The predicted molar refractivity (Wildman–Crippen MR) is 108 cm³/mol. The standard InChI is InChI=1S/C21H25N3O4S/c25-21-13-15-4-1-2-6-19(15)22-23(21)14-17-5-3-10-24(17)29(26,27)18-7-8-20-16(12-18)9-11-28-20/h7-8,12-13,17H,1-6,9-11,14H2. The normalized spacial score (nSPS) is 21.6. The van der Waals surface area contributed by atoms with E-state index >= 15 is 0 Å². The van der Waals surface area contributed by atoms with Gasteiger partial charge in [-0.2, -0.15) is 9.40 Å². The van der Waals surface area contributed by atoms with E-state index in [4.69, 9.17) is 4.74 Å². The van der Waals surface area contributed by atoms with Crippen LogP contribution in [0.3, 0.4) is 0 Å². The summed E-state index contributed by atoms with van der Waals surface area (Å²) in [6, 6.07) is 6.54. The molecule has 5 rings (SSSR count). The van der Waals surface area contributed by atoms with Gasteiger partial charge in [-0.1, -0.05) is 0 Å². The molecule has 3 heterocycles. The Balaban J connectivity index is 1.42. The van der Waals surface area contributed by atoms with E-state index in [1.807, 2.05) is 0 Å². The lowest BCUT2D eigenvalue weighted by molar-refractivity contribution is 0.332. The van der Waals surface area contributed by atoms with Crippen LogP contribution >= 0.6 is 0 Å². The zero-order valence-electron chi connectivity index (χ0n) is 16.3. The fourth-order valence-electron chi connectivity index (χ4n) is 4.70. The Bertz CT molecular complexity index is 1110. The summed E-state index contributed by atoms with van der Waals surface area (Å²) in [4.78, 5) is 12.9. The van der Waals surface area contributed by atoms with Gasteiger partial charge in [0.2, 0.25) is 10.0 Å². The minimum absolute atomic E-state index is 0.135. The second-order valence-corrected chi connectivity index (χ2v) is 10.0. The van der Waals surface area contributed by atoms with Crippen LogP contribution in [0.4, 0.5) is 0 Å². The minimum Gasteiger partial charge on any atom is -0.493 e. The molecule has 1 atom stereocenters. The van der Waals surface area contributed by atoms with Crippen LogP contribution < -0.4 is 10.3 Å². The summed E-state index contributed by atoms with van der Waals surface area (Å²) in [6.45, 7) is 1.37. The van der Waals surface area contributed by atoms with Crippen LogP contribution in [0.5, 0.6) is 5.75 Å². The molecule has 154 valence electrons. The van der Waals surface area contributed by atoms with Crippen LogP contribution in [-0.2, 0) is 35.8 Å². The molecular weight excluding hydrogens is 390 g/mol. The van der Waals surface area contributed by atoms with Crippen LogP contribution in [0.2, 0.25) is 0 Å². The average molecular weight is 416 g/mol. The van der Waals surface area contributed by atoms with Gasteiger partial charge in [-0.25, -0.2) is 13.1 Å². The van der Waals surface area contributed by atoms with E-state index in [2.05, 4.69) is 5.10 Å². The quantitative estimate of drug-likeness (QED) is 0.762. The summed E-state index contributed by atoms with van der Waals surface area (Å²) >= 11 is 0. The van der Waals surface area contributed by atoms with Gasteiger partial charge < -0.3 is 4.74 Å². The highest BCUT2D eigenvalue weighted by atomic mass is 32.2. The summed E-state index contributed by atoms with van der Waals surface area (Å²) in [7, 11) is -3.63. The van der Waals surface area contributed by atoms with Crippen molar-refractivity contribution in [2.75, 3.05) is 13.2 Å². The van der Waals surface area contributed by atoms with Crippen molar-refractivity contribution in [2.45, 2.75) is 62.4 Å². The molecule has 8 heteroatoms. The van der Waals surface area contributed by atoms with Crippen molar-refractivity contribution < 1.29 is 13.2 Å². The van der Waals surface area contributed by atoms with Crippen molar-refractivity contribution >= 4 is 10.0 Å². The van der Waals surface area contributed by atoms with E-state index in [1.165, 1.54) is 4.68 Å². The summed E-state index contributed by atoms with van der Waals surface area (Å²) in [5.74, 6) is 0.770. The number of hydrogen-bond donors (Lipinski definition) is 0. The van der Waals surface area contributed by atoms with E-state index in [0.717, 1.165) is 67.5 Å². The molecule has 0 amide bonds. The number of rotatable bonds is 4. The molecule has 1 aromatic carbocycles. The van der Waals surface area contributed by atoms with Gasteiger partial charge in [-0.15, -0.1) is 0 Å². The molecule has 0 saturated carbocycles. The van der Waals surface area contributed by atoms with Crippen LogP contribution in [0.25, 0.3) is 0 Å². The topological polar surface area (TPSA) is 81.5 Å². The first-order valence-electron chi connectivity index (χ1n) is 10.4. The molecule has 1 aliphatic carbocycles. The van der Waals surface area contributed by atoms with Crippen LogP contribution in [0.15, 0.2) is 34.0 Å². The lowest BCUT2D eigenvalue weighted by Gasteiger charge is -2.25. The first-order chi connectivity index (χ1) is 14.0. The maximum Gasteiger partial charge on any atom is 0.267 e. The molecule has 1 fully saturated rings. The molecule has 1 aromatic heterocycles. The highest BCUT2D eigenvalue weighted by Gasteiger charge is 2.36. The summed E-state index contributed by atoms with van der Waals surface area (Å²) in [5, 5.41) is 4.58. The van der Waals surface area contributed by atoms with Crippen LogP contribution in [-0.4, -0.2) is 41.7 Å². The van der Waals surface area contributed by atoms with Gasteiger partial charge in [-0.3, -0.25) is 4.79 Å². The van der Waals surface area contributed by atoms with E-state index in [1.54, 1.807) is 28.6 Å². The number of fused-ring (bicyclic) bond motifs is 2. The van der Waals surface area contributed by atoms with Crippen molar-refractivity contribution in [3.05, 3.63) is 51.4 Å². The number of aryl methyl sites for hydroxylation is 2. The summed E-state index contributed by atoms with van der Waals surface area (Å²) in [5.41, 5.74) is 2.84. The monoisotopic (exact) mass is 415 g/mol. The number of ether oxygens (including phenoxy) is 1. The zero-order chi connectivity index (χ0) is 20.0. The number of hydrogen-bond acceptors (Lipinski definition) is 5. The van der Waals surface area contributed by atoms with E-state index < -0.39 is 10.0 Å². The SMILES string of the molecule is O=c1cc2c(nn1CC1CCCN1S(=O)(=O)c1ccc3c(c1)CCO3)CCCC2. The molecular formula is C21H25N3O4S. The minimum atomic E-state index is -3.63. The highest BCUT2D eigenvalue weighted by molar-refractivity contribution is 7.89. The molecule has 2 aliphatic heterocycles. The molecule has 2 aromatic rings. The Hall–Kier alpha value is -2.19. The third kappa shape index (κ3) is 3.38. The lowest BCUT2D eigenvalue weighted by Crippen LogP contribution is -2.41. The largest absolute Gasteiger partial charge is 0.493 e. The molecule has 0 spiro atoms. The fourth-order valence-corrected chi connectivity index (χ4v) is 6.43. The number of nitrogens with zero attached hydrogens (tertiary/aromatic N) is 3. The van der Waals surface area contributed by atoms with Gasteiger partial charge in [0.25, 0.3) is 5.56 Å². The zero-order valence-corrected chi connectivity index (χ0v) is 17.2. The second kappa shape index (κ2) is 7.25. The Morgan fingerprint density at radius 1 is 1.07 bits per heavy atom. The predicted octanol–water partition coefficient (Wildman–Crippen LogP) is 1.91. The van der Waals surface area contributed by atoms with E-state index in [0.29, 0.717) is 24.6 Å². The Morgan fingerprint density at radius 2 is 1.93 bits per heavy atom. The molecule has 29 heavy (non-hydrogen) atoms. The van der Waals surface area contributed by atoms with Gasteiger partial charge in [0, 0.05) is 25.1 Å². The summed E-state index contributed by atoms with van der Waals surface area (Å²) < 4.78 is 35.2. The fraction of sp³-hybridized carbons (Fsp3) is 0.524.